The summed E-state index contributed by atoms with van der Waals surface area (Å²) in [5.41, 5.74) is 0. The number of ether oxygens (including phenoxy) is 1. The highest BCUT2D eigenvalue weighted by Gasteiger charge is 2.40. The zero-order chi connectivity index (χ0) is 29.0. The van der Waals surface area contributed by atoms with Gasteiger partial charge in [0.2, 0.25) is 0 Å². The number of unbranched alkanes of at least 4 members (excludes halogenated alkanes) is 17. The number of halogens is 2. The lowest BCUT2D eigenvalue weighted by molar-refractivity contribution is -0.174. The highest BCUT2D eigenvalue weighted by Crippen LogP contribution is 2.26. The fourth-order valence-electron chi connectivity index (χ4n) is 5.57. The van der Waals surface area contributed by atoms with Crippen molar-refractivity contribution in [1.82, 2.24) is 0 Å². The van der Waals surface area contributed by atoms with E-state index in [1.807, 2.05) is 0 Å². The van der Waals surface area contributed by atoms with Crippen LogP contribution in [-0.2, 0) is 9.53 Å². The molecule has 0 radical (unpaired) electrons. The molecule has 2 nitrogen and oxygen atoms in total. The Labute approximate surface area is 243 Å². The van der Waals surface area contributed by atoms with Crippen molar-refractivity contribution in [3.63, 3.8) is 0 Å². The van der Waals surface area contributed by atoms with E-state index in [-0.39, 0.29) is 18.9 Å². The number of carbonyl (C=O) groups excluding carboxylic acids is 1. The van der Waals surface area contributed by atoms with Crippen molar-refractivity contribution in [3.8, 4) is 0 Å². The van der Waals surface area contributed by atoms with Crippen LogP contribution >= 0.6 is 0 Å². The number of carbonyl (C=O) groups is 1. The van der Waals surface area contributed by atoms with Crippen molar-refractivity contribution in [3.05, 3.63) is 0 Å². The number of hydrogen-bond acceptors (Lipinski definition) is 2. The van der Waals surface area contributed by atoms with E-state index in [4.69, 9.17) is 4.74 Å². The summed E-state index contributed by atoms with van der Waals surface area (Å²) in [5.74, 6) is -3.70. The Morgan fingerprint density at radius 1 is 0.564 bits per heavy atom. The molecule has 2 atom stereocenters. The summed E-state index contributed by atoms with van der Waals surface area (Å²) in [4.78, 5) is 12.2. The zero-order valence-corrected chi connectivity index (χ0v) is 26.8. The van der Waals surface area contributed by atoms with Crippen LogP contribution in [0.5, 0.6) is 0 Å². The summed E-state index contributed by atoms with van der Waals surface area (Å²) < 4.78 is 34.2. The van der Waals surface area contributed by atoms with Crippen LogP contribution in [0.1, 0.15) is 195 Å². The summed E-state index contributed by atoms with van der Waals surface area (Å²) in [5, 5.41) is 0. The Morgan fingerprint density at radius 3 is 1.38 bits per heavy atom. The Hall–Kier alpha value is -0.670. The minimum absolute atomic E-state index is 0.159. The molecule has 234 valence electrons. The first-order chi connectivity index (χ1) is 18.9. The molecule has 0 heterocycles. The lowest BCUT2D eigenvalue weighted by Gasteiger charge is -2.20. The smallest absolute Gasteiger partial charge is 0.376 e. The highest BCUT2D eigenvalue weighted by atomic mass is 19.3. The quantitative estimate of drug-likeness (QED) is 0.0647. The second-order valence-corrected chi connectivity index (χ2v) is 12.5. The van der Waals surface area contributed by atoms with Crippen LogP contribution in [0.4, 0.5) is 8.78 Å². The highest BCUT2D eigenvalue weighted by molar-refractivity contribution is 5.77. The molecule has 0 saturated heterocycles. The predicted molar refractivity (Wildman–Crippen MR) is 166 cm³/mol. The Morgan fingerprint density at radius 2 is 0.923 bits per heavy atom. The fourth-order valence-corrected chi connectivity index (χ4v) is 5.57. The first-order valence-corrected chi connectivity index (χ1v) is 17.4. The molecule has 0 aromatic rings. The summed E-state index contributed by atoms with van der Waals surface area (Å²) in [6.07, 6.45) is 28.7. The van der Waals surface area contributed by atoms with Crippen molar-refractivity contribution in [1.29, 1.82) is 0 Å². The molecule has 0 bridgehead atoms. The molecule has 0 aromatic carbocycles. The van der Waals surface area contributed by atoms with Crippen LogP contribution in [0.25, 0.3) is 0 Å². The second-order valence-electron chi connectivity index (χ2n) is 12.5. The number of hydrogen-bond donors (Lipinski definition) is 0. The fraction of sp³-hybridized carbons (Fsp3) is 0.971. The summed E-state index contributed by atoms with van der Waals surface area (Å²) in [6.45, 7) is 9.15. The summed E-state index contributed by atoms with van der Waals surface area (Å²) in [7, 11) is 0. The van der Waals surface area contributed by atoms with E-state index in [0.717, 1.165) is 50.9 Å². The second kappa shape index (κ2) is 27.5. The van der Waals surface area contributed by atoms with Crippen molar-refractivity contribution in [2.45, 2.75) is 201 Å². The molecule has 39 heavy (non-hydrogen) atoms. The van der Waals surface area contributed by atoms with Gasteiger partial charge in [0.25, 0.3) is 0 Å². The van der Waals surface area contributed by atoms with Gasteiger partial charge in [-0.05, 0) is 31.1 Å². The van der Waals surface area contributed by atoms with E-state index in [1.54, 1.807) is 0 Å². The lowest BCUT2D eigenvalue weighted by Crippen LogP contribution is -2.32. The number of esters is 1. The molecule has 2 unspecified atom stereocenters. The SMILES string of the molecule is CCCCCCCCCC(C)CCCCCCC(F)(F)C(=O)OCC(CCCCCC)CCCCCCCC. The van der Waals surface area contributed by atoms with Crippen LogP contribution < -0.4 is 0 Å². The van der Waals surface area contributed by atoms with Gasteiger partial charge in [-0.3, -0.25) is 0 Å². The Bertz CT molecular complexity index is 523. The minimum Gasteiger partial charge on any atom is -0.461 e. The molecule has 0 saturated carbocycles. The van der Waals surface area contributed by atoms with Crippen LogP contribution in [0.3, 0.4) is 0 Å². The minimum atomic E-state index is -3.35. The zero-order valence-electron chi connectivity index (χ0n) is 26.8. The molecule has 0 N–H and O–H groups in total. The van der Waals surface area contributed by atoms with Gasteiger partial charge in [0, 0.05) is 6.42 Å². The molecular formula is C35H68F2O2. The van der Waals surface area contributed by atoms with E-state index in [2.05, 4.69) is 27.7 Å². The van der Waals surface area contributed by atoms with Crippen molar-refractivity contribution in [2.24, 2.45) is 11.8 Å². The maximum absolute atomic E-state index is 14.5. The third-order valence-corrected chi connectivity index (χ3v) is 8.42. The van der Waals surface area contributed by atoms with E-state index >= 15 is 0 Å². The third-order valence-electron chi connectivity index (χ3n) is 8.42. The van der Waals surface area contributed by atoms with E-state index in [1.165, 1.54) is 109 Å². The van der Waals surface area contributed by atoms with Gasteiger partial charge in [0.1, 0.15) is 0 Å². The maximum Gasteiger partial charge on any atom is 0.376 e. The molecular weight excluding hydrogens is 490 g/mol. The average molecular weight is 559 g/mol. The van der Waals surface area contributed by atoms with Crippen molar-refractivity contribution < 1.29 is 18.3 Å². The van der Waals surface area contributed by atoms with E-state index < -0.39 is 11.9 Å². The lowest BCUT2D eigenvalue weighted by atomic mass is 9.95. The van der Waals surface area contributed by atoms with Crippen molar-refractivity contribution >= 4 is 5.97 Å². The Kier molecular flexibility index (Phi) is 27.0. The van der Waals surface area contributed by atoms with E-state index in [9.17, 15) is 13.6 Å². The molecule has 0 aliphatic rings. The largest absolute Gasteiger partial charge is 0.461 e. The first-order valence-electron chi connectivity index (χ1n) is 17.4. The van der Waals surface area contributed by atoms with E-state index in [0.29, 0.717) is 6.42 Å². The molecule has 0 amide bonds. The van der Waals surface area contributed by atoms with Gasteiger partial charge in [-0.1, -0.05) is 169 Å². The van der Waals surface area contributed by atoms with Crippen LogP contribution in [0.15, 0.2) is 0 Å². The molecule has 0 aliphatic heterocycles. The topological polar surface area (TPSA) is 26.3 Å². The molecule has 0 rings (SSSR count). The first kappa shape index (κ1) is 38.3. The molecule has 0 aliphatic carbocycles. The van der Waals surface area contributed by atoms with Crippen LogP contribution in [-0.4, -0.2) is 18.5 Å². The van der Waals surface area contributed by atoms with Crippen molar-refractivity contribution in [2.75, 3.05) is 6.61 Å². The van der Waals surface area contributed by atoms with Gasteiger partial charge in [0.15, 0.2) is 0 Å². The standard InChI is InChI=1S/C35H68F2O2/c1-5-8-11-14-16-17-21-26-32(4)27-22-19-20-25-30-35(36,37)34(38)39-31-33(28-23-13-10-7-3)29-24-18-15-12-9-6-2/h32-33H,5-31H2,1-4H3. The van der Waals surface area contributed by atoms with Gasteiger partial charge >= 0.3 is 11.9 Å². The van der Waals surface area contributed by atoms with Gasteiger partial charge < -0.3 is 4.74 Å². The molecule has 0 spiro atoms. The monoisotopic (exact) mass is 559 g/mol. The summed E-state index contributed by atoms with van der Waals surface area (Å²) >= 11 is 0. The Balaban J connectivity index is 4.08. The van der Waals surface area contributed by atoms with Gasteiger partial charge in [-0.25, -0.2) is 4.79 Å². The average Bonchev–Trinajstić information content (AvgIpc) is 2.92. The number of alkyl halides is 2. The number of rotatable bonds is 30. The maximum atomic E-state index is 14.5. The third kappa shape index (κ3) is 24.8. The predicted octanol–water partition coefficient (Wildman–Crippen LogP) is 12.6. The molecule has 0 aromatic heterocycles. The van der Waals surface area contributed by atoms with Gasteiger partial charge in [0.05, 0.1) is 6.61 Å². The van der Waals surface area contributed by atoms with Gasteiger partial charge in [-0.15, -0.1) is 0 Å². The molecule has 0 fully saturated rings. The van der Waals surface area contributed by atoms with Crippen LogP contribution in [0.2, 0.25) is 0 Å². The molecule has 4 heteroatoms. The summed E-state index contributed by atoms with van der Waals surface area (Å²) in [6, 6.07) is 0. The van der Waals surface area contributed by atoms with Gasteiger partial charge in [-0.2, -0.15) is 8.78 Å². The normalized spacial score (nSPS) is 13.5. The van der Waals surface area contributed by atoms with Crippen LogP contribution in [0, 0.1) is 11.8 Å².